The number of hydrogen-bond donors (Lipinski definition) is 2. The van der Waals surface area contributed by atoms with Gasteiger partial charge >= 0.3 is 0 Å². The molecule has 2 unspecified atom stereocenters. The maximum atomic E-state index is 14.7. The maximum absolute atomic E-state index is 14.7. The van der Waals surface area contributed by atoms with Crippen molar-refractivity contribution in [2.75, 3.05) is 13.1 Å². The zero-order valence-corrected chi connectivity index (χ0v) is 13.6. The van der Waals surface area contributed by atoms with Crippen molar-refractivity contribution in [2.24, 2.45) is 0 Å². The summed E-state index contributed by atoms with van der Waals surface area (Å²) in [5, 5.41) is 4.32. The van der Waals surface area contributed by atoms with Crippen molar-refractivity contribution < 1.29 is 8.78 Å². The van der Waals surface area contributed by atoms with Gasteiger partial charge in [0.05, 0.1) is 5.69 Å². The van der Waals surface area contributed by atoms with Gasteiger partial charge in [-0.25, -0.2) is 8.78 Å². The highest BCUT2D eigenvalue weighted by Gasteiger charge is 2.31. The number of alkyl halides is 1. The van der Waals surface area contributed by atoms with Crippen LogP contribution in [0.1, 0.15) is 23.5 Å². The summed E-state index contributed by atoms with van der Waals surface area (Å²) in [6.07, 6.45) is -0.384. The molecule has 1 aliphatic rings. The Morgan fingerprint density at radius 2 is 2.00 bits per heavy atom. The molecule has 1 aromatic heterocycles. The van der Waals surface area contributed by atoms with Gasteiger partial charge in [-0.1, -0.05) is 24.3 Å². The van der Waals surface area contributed by atoms with Crippen molar-refractivity contribution in [1.29, 1.82) is 0 Å². The Kier molecular flexibility index (Phi) is 3.85. The van der Waals surface area contributed by atoms with Gasteiger partial charge in [0.2, 0.25) is 0 Å². The fraction of sp³-hybridized carbons (Fsp3) is 0.300. The second-order valence-corrected chi connectivity index (χ2v) is 6.59. The lowest BCUT2D eigenvalue weighted by atomic mass is 9.86. The summed E-state index contributed by atoms with van der Waals surface area (Å²) in [6, 6.07) is 12.6. The molecule has 0 radical (unpaired) electrons. The molecule has 24 heavy (non-hydrogen) atoms. The van der Waals surface area contributed by atoms with Crippen LogP contribution in [-0.4, -0.2) is 24.2 Å². The molecule has 2 N–H and O–H groups in total. The highest BCUT2D eigenvalue weighted by Crippen LogP contribution is 2.39. The highest BCUT2D eigenvalue weighted by molar-refractivity contribution is 5.92. The van der Waals surface area contributed by atoms with Crippen LogP contribution in [-0.2, 0) is 0 Å². The molecule has 1 aliphatic heterocycles. The zero-order chi connectivity index (χ0) is 16.7. The molecule has 0 amide bonds. The number of fused-ring (bicyclic) bond motifs is 1. The molecule has 4 heteroatoms. The monoisotopic (exact) mass is 326 g/mol. The van der Waals surface area contributed by atoms with Crippen LogP contribution in [0.3, 0.4) is 0 Å². The first kappa shape index (κ1) is 15.3. The van der Waals surface area contributed by atoms with Crippen LogP contribution in [0.25, 0.3) is 22.2 Å². The first-order chi connectivity index (χ1) is 11.6. The van der Waals surface area contributed by atoms with E-state index >= 15 is 0 Å². The van der Waals surface area contributed by atoms with E-state index in [4.69, 9.17) is 0 Å². The minimum Gasteiger partial charge on any atom is -0.354 e. The Bertz CT molecular complexity index is 884. The number of benzene rings is 2. The smallest absolute Gasteiger partial charge is 0.123 e. The number of aromatic nitrogens is 1. The lowest BCUT2D eigenvalue weighted by Gasteiger charge is -2.27. The number of nitrogens with one attached hydrogen (secondary N) is 2. The topological polar surface area (TPSA) is 27.8 Å². The molecule has 4 rings (SSSR count). The molecule has 2 atom stereocenters. The molecule has 2 aromatic carbocycles. The predicted octanol–water partition coefficient (Wildman–Crippen LogP) is 4.70. The number of rotatable bonds is 2. The molecular formula is C20H20F2N2. The van der Waals surface area contributed by atoms with Crippen molar-refractivity contribution in [3.8, 4) is 11.3 Å². The van der Waals surface area contributed by atoms with Crippen molar-refractivity contribution >= 4 is 10.9 Å². The minimum absolute atomic E-state index is 0.228. The van der Waals surface area contributed by atoms with Crippen LogP contribution >= 0.6 is 0 Å². The van der Waals surface area contributed by atoms with Crippen LogP contribution in [0.5, 0.6) is 0 Å². The molecule has 1 fully saturated rings. The van der Waals surface area contributed by atoms with Gasteiger partial charge in [-0.3, -0.25) is 0 Å². The summed E-state index contributed by atoms with van der Waals surface area (Å²) >= 11 is 0. The first-order valence-electron chi connectivity index (χ1n) is 8.36. The van der Waals surface area contributed by atoms with E-state index in [9.17, 15) is 8.78 Å². The standard InChI is InChI=1S/C20H20F2N2/c1-12-5-6-15-18(9-12)24-20(13-3-2-4-14(21)10-13)19(15)16-11-23-8-7-17(16)22/h2-6,9-10,16-17,23-24H,7-8,11H2,1H3. The molecule has 0 aliphatic carbocycles. The summed E-state index contributed by atoms with van der Waals surface area (Å²) < 4.78 is 28.4. The average molecular weight is 326 g/mol. The number of hydrogen-bond acceptors (Lipinski definition) is 1. The summed E-state index contributed by atoms with van der Waals surface area (Å²) in [5.41, 5.74) is 4.65. The summed E-state index contributed by atoms with van der Waals surface area (Å²) in [7, 11) is 0. The van der Waals surface area contributed by atoms with E-state index in [1.54, 1.807) is 6.07 Å². The van der Waals surface area contributed by atoms with Gasteiger partial charge in [0.25, 0.3) is 0 Å². The SMILES string of the molecule is Cc1ccc2c(C3CNCCC3F)c(-c3cccc(F)c3)[nH]c2c1. The van der Waals surface area contributed by atoms with E-state index in [2.05, 4.69) is 16.4 Å². The van der Waals surface area contributed by atoms with Gasteiger partial charge < -0.3 is 10.3 Å². The van der Waals surface area contributed by atoms with E-state index < -0.39 is 6.17 Å². The van der Waals surface area contributed by atoms with Gasteiger partial charge in [0, 0.05) is 28.9 Å². The third-order valence-electron chi connectivity index (χ3n) is 4.88. The molecule has 124 valence electrons. The summed E-state index contributed by atoms with van der Waals surface area (Å²) in [6.45, 7) is 3.33. The molecule has 0 spiro atoms. The number of aryl methyl sites for hydroxylation is 1. The third kappa shape index (κ3) is 2.61. The lowest BCUT2D eigenvalue weighted by Crippen LogP contribution is -2.36. The van der Waals surface area contributed by atoms with Crippen molar-refractivity contribution in [3.05, 3.63) is 59.4 Å². The van der Waals surface area contributed by atoms with E-state index in [-0.39, 0.29) is 11.7 Å². The molecule has 3 aromatic rings. The number of piperidine rings is 1. The summed E-state index contributed by atoms with van der Waals surface area (Å²) in [4.78, 5) is 3.41. The Labute approximate surface area is 139 Å². The molecule has 2 nitrogen and oxygen atoms in total. The van der Waals surface area contributed by atoms with E-state index in [1.165, 1.54) is 12.1 Å². The van der Waals surface area contributed by atoms with Gasteiger partial charge in [0.1, 0.15) is 12.0 Å². The maximum Gasteiger partial charge on any atom is 0.123 e. The Morgan fingerprint density at radius 1 is 1.12 bits per heavy atom. The Hall–Kier alpha value is -2.20. The van der Waals surface area contributed by atoms with E-state index in [0.29, 0.717) is 19.5 Å². The van der Waals surface area contributed by atoms with Crippen LogP contribution in [0, 0.1) is 12.7 Å². The highest BCUT2D eigenvalue weighted by atomic mass is 19.1. The minimum atomic E-state index is -0.890. The molecule has 0 saturated carbocycles. The fourth-order valence-electron chi connectivity index (χ4n) is 3.70. The largest absolute Gasteiger partial charge is 0.354 e. The van der Waals surface area contributed by atoms with Crippen LogP contribution in [0.4, 0.5) is 8.78 Å². The first-order valence-corrected chi connectivity index (χ1v) is 8.36. The third-order valence-corrected chi connectivity index (χ3v) is 4.88. The molecular weight excluding hydrogens is 306 g/mol. The lowest BCUT2D eigenvalue weighted by molar-refractivity contribution is 0.229. The number of H-pyrrole nitrogens is 1. The number of aromatic amines is 1. The van der Waals surface area contributed by atoms with Gasteiger partial charge in [-0.15, -0.1) is 0 Å². The van der Waals surface area contributed by atoms with Crippen molar-refractivity contribution in [3.63, 3.8) is 0 Å². The van der Waals surface area contributed by atoms with Crippen LogP contribution in [0.15, 0.2) is 42.5 Å². The Morgan fingerprint density at radius 3 is 2.79 bits per heavy atom. The fourth-order valence-corrected chi connectivity index (χ4v) is 3.70. The van der Waals surface area contributed by atoms with Gasteiger partial charge in [-0.05, 0) is 49.2 Å². The van der Waals surface area contributed by atoms with Gasteiger partial charge in [-0.2, -0.15) is 0 Å². The van der Waals surface area contributed by atoms with Crippen LogP contribution < -0.4 is 5.32 Å². The Balaban J connectivity index is 1.96. The zero-order valence-electron chi connectivity index (χ0n) is 13.6. The number of halogens is 2. The predicted molar refractivity (Wildman–Crippen MR) is 93.6 cm³/mol. The molecule has 0 bridgehead atoms. The van der Waals surface area contributed by atoms with Gasteiger partial charge in [0.15, 0.2) is 0 Å². The normalized spacial score (nSPS) is 21.3. The second-order valence-electron chi connectivity index (χ2n) is 6.59. The molecule has 2 heterocycles. The van der Waals surface area contributed by atoms with Crippen LogP contribution in [0.2, 0.25) is 0 Å². The van der Waals surface area contributed by atoms with E-state index in [1.807, 2.05) is 25.1 Å². The summed E-state index contributed by atoms with van der Waals surface area (Å²) in [5.74, 6) is -0.514. The average Bonchev–Trinajstić information content (AvgIpc) is 2.93. The molecule has 1 saturated heterocycles. The second kappa shape index (κ2) is 6.02. The van der Waals surface area contributed by atoms with E-state index in [0.717, 1.165) is 33.3 Å². The van der Waals surface area contributed by atoms with Crippen molar-refractivity contribution in [2.45, 2.75) is 25.4 Å². The van der Waals surface area contributed by atoms with Crippen molar-refractivity contribution in [1.82, 2.24) is 10.3 Å². The quantitative estimate of drug-likeness (QED) is 0.702.